The van der Waals surface area contributed by atoms with E-state index < -0.39 is 83.5 Å². The Hall–Kier alpha value is -3.60. The van der Waals surface area contributed by atoms with Gasteiger partial charge in [0.2, 0.25) is 5.91 Å². The van der Waals surface area contributed by atoms with Crippen molar-refractivity contribution in [2.45, 2.75) is 148 Å². The lowest BCUT2D eigenvalue weighted by atomic mass is 9.78. The van der Waals surface area contributed by atoms with E-state index in [2.05, 4.69) is 33.5 Å². The van der Waals surface area contributed by atoms with Gasteiger partial charge in [-0.25, -0.2) is 15.2 Å². The summed E-state index contributed by atoms with van der Waals surface area (Å²) in [6.45, 7) is 15.0. The molecule has 3 N–H and O–H groups in total. The number of carbonyl (C=O) groups excluding carboxylic acids is 4. The molecule has 0 bridgehead atoms. The highest BCUT2D eigenvalue weighted by Gasteiger charge is 2.59. The average Bonchev–Trinajstić information content (AvgIpc) is 3.70. The van der Waals surface area contributed by atoms with Gasteiger partial charge in [0.05, 0.1) is 23.9 Å². The first-order valence-corrected chi connectivity index (χ1v) is 20.4. The summed E-state index contributed by atoms with van der Waals surface area (Å²) in [6.07, 6.45) is -1.51. The molecule has 3 aliphatic rings. The van der Waals surface area contributed by atoms with Crippen LogP contribution >= 0.6 is 0 Å². The molecule has 0 aliphatic carbocycles. The molecule has 3 aliphatic heterocycles. The minimum atomic E-state index is -1.42. The maximum Gasteiger partial charge on any atom is 0.425 e. The van der Waals surface area contributed by atoms with Crippen LogP contribution in [-0.4, -0.2) is 131 Å². The van der Waals surface area contributed by atoms with Gasteiger partial charge in [-0.05, 0) is 91.9 Å². The van der Waals surface area contributed by atoms with E-state index >= 15 is 0 Å². The van der Waals surface area contributed by atoms with Crippen molar-refractivity contribution in [1.82, 2.24) is 25.2 Å². The molecule has 1 aromatic heterocycles. The number of cyclic esters (lactones) is 1. The molecule has 1 unspecified atom stereocenters. The number of amides is 2. The number of hydrogen-bond acceptors (Lipinski definition) is 12. The van der Waals surface area contributed by atoms with Crippen molar-refractivity contribution in [2.75, 3.05) is 27.7 Å². The number of nitrogens with one attached hydrogen (secondary N) is 2. The highest BCUT2D eigenvalue weighted by Crippen LogP contribution is 2.39. The standard InChI is InChI=1S/C42H65N5O10/c1-12-32-42(8)35(47(40(52)57-42)43-19-15-20-46-21-18-29-16-13-14-17-30(29)46)28(6)44-37(50)24(2)23-41(7,53-11)36(26(4)33(48)27(5)38(51)55-32)56-39-34(49)31(45(9)10)22-25(3)54-39/h13-14,16-18,21,24-28,31-32,34-36,39,43,49H,12,15,19-20,22-23H2,1-11H3,(H,44,50)/t24-,25-,26-,27-,28?,31+,32+,34-,35-,36-,39+,41+,42-/m1/s1. The summed E-state index contributed by atoms with van der Waals surface area (Å²) in [6, 6.07) is 8.40. The number of ether oxygens (including phenoxy) is 5. The number of benzene rings is 1. The summed E-state index contributed by atoms with van der Waals surface area (Å²) in [4.78, 5) is 58.1. The molecule has 15 nitrogen and oxygen atoms in total. The third kappa shape index (κ3) is 9.18. The minimum Gasteiger partial charge on any atom is -0.457 e. The number of hydrazine groups is 1. The average molecular weight is 800 g/mol. The van der Waals surface area contributed by atoms with Crippen LogP contribution in [0.5, 0.6) is 0 Å². The maximum absolute atomic E-state index is 14.3. The number of methoxy groups -OCH3 is 1. The molecule has 5 rings (SSSR count). The van der Waals surface area contributed by atoms with Crippen LogP contribution < -0.4 is 10.7 Å². The summed E-state index contributed by atoms with van der Waals surface area (Å²) < 4.78 is 33.2. The summed E-state index contributed by atoms with van der Waals surface area (Å²) in [5.74, 6) is -4.48. The van der Waals surface area contributed by atoms with Crippen LogP contribution in [-0.2, 0) is 44.6 Å². The Labute approximate surface area is 337 Å². The van der Waals surface area contributed by atoms with Crippen LogP contribution in [0.25, 0.3) is 10.9 Å². The highest BCUT2D eigenvalue weighted by atomic mass is 16.7. The molecule has 13 atom stereocenters. The number of fused-ring (bicyclic) bond motifs is 2. The van der Waals surface area contributed by atoms with Gasteiger partial charge in [-0.3, -0.25) is 14.4 Å². The number of esters is 1. The molecule has 0 spiro atoms. The van der Waals surface area contributed by atoms with E-state index in [0.29, 0.717) is 25.9 Å². The Kier molecular flexibility index (Phi) is 14.1. The molecule has 15 heteroatoms. The van der Waals surface area contributed by atoms with Crippen molar-refractivity contribution in [3.05, 3.63) is 36.5 Å². The molecule has 4 heterocycles. The van der Waals surface area contributed by atoms with Gasteiger partial charge in [0.15, 0.2) is 17.7 Å². The number of aliphatic hydroxyl groups excluding tert-OH is 1. The van der Waals surface area contributed by atoms with Gasteiger partial charge in [-0.1, -0.05) is 39.0 Å². The summed E-state index contributed by atoms with van der Waals surface area (Å²) in [5, 5.41) is 17.1. The molecule has 3 saturated heterocycles. The molecule has 1 aromatic carbocycles. The molecule has 318 valence electrons. The van der Waals surface area contributed by atoms with Crippen molar-refractivity contribution in [2.24, 2.45) is 17.8 Å². The Morgan fingerprint density at radius 2 is 1.75 bits per heavy atom. The fourth-order valence-corrected chi connectivity index (χ4v) is 9.15. The van der Waals surface area contributed by atoms with Crippen molar-refractivity contribution in [3.63, 3.8) is 0 Å². The molecule has 0 saturated carbocycles. The minimum absolute atomic E-state index is 0.101. The SMILES string of the molecule is CC[C@@H]1OC(=O)[C@H](C)C(=O)[C@@H](C)[C@@H](O[C@@H]2O[C@H](C)C[C@H](N(C)C)[C@H]2O)[C@@](C)(OC)C[C@@H](C)C(=O)NC(C)[C@H]2N(NCCCn3ccc4ccccc43)C(=O)O[C@]12C. The summed E-state index contributed by atoms with van der Waals surface area (Å²) in [5.41, 5.74) is 1.67. The van der Waals surface area contributed by atoms with Crippen LogP contribution in [0.15, 0.2) is 36.5 Å². The van der Waals surface area contributed by atoms with Gasteiger partial charge in [0, 0.05) is 49.8 Å². The van der Waals surface area contributed by atoms with Gasteiger partial charge in [0.1, 0.15) is 24.2 Å². The van der Waals surface area contributed by atoms with Gasteiger partial charge in [0.25, 0.3) is 0 Å². The van der Waals surface area contributed by atoms with Crippen LogP contribution in [0.3, 0.4) is 0 Å². The van der Waals surface area contributed by atoms with Crippen LogP contribution in [0.1, 0.15) is 81.1 Å². The van der Waals surface area contributed by atoms with Crippen molar-refractivity contribution >= 4 is 34.7 Å². The first-order chi connectivity index (χ1) is 26.9. The van der Waals surface area contributed by atoms with E-state index in [4.69, 9.17) is 23.7 Å². The number of aromatic nitrogens is 1. The second-order valence-corrected chi connectivity index (χ2v) is 17.0. The highest BCUT2D eigenvalue weighted by molar-refractivity contribution is 6.00. The third-order valence-electron chi connectivity index (χ3n) is 12.5. The zero-order valence-corrected chi connectivity index (χ0v) is 35.5. The van der Waals surface area contributed by atoms with E-state index in [0.717, 1.165) is 10.9 Å². The van der Waals surface area contributed by atoms with Gasteiger partial charge in [-0.2, -0.15) is 0 Å². The lowest BCUT2D eigenvalue weighted by molar-refractivity contribution is -0.295. The van der Waals surface area contributed by atoms with Gasteiger partial charge < -0.3 is 43.6 Å². The quantitative estimate of drug-likeness (QED) is 0.180. The number of Topliss-reactive ketones (excluding diaryl/α,β-unsaturated/α-hetero) is 1. The molecule has 2 aromatic rings. The normalized spacial score (nSPS) is 37.4. The predicted octanol–water partition coefficient (Wildman–Crippen LogP) is 4.04. The Bertz CT molecular complexity index is 1740. The largest absolute Gasteiger partial charge is 0.457 e. The van der Waals surface area contributed by atoms with Crippen LogP contribution in [0.4, 0.5) is 4.79 Å². The maximum atomic E-state index is 14.3. The number of nitrogens with zero attached hydrogens (tertiary/aromatic N) is 3. The molecule has 3 fully saturated rings. The fourth-order valence-electron chi connectivity index (χ4n) is 9.15. The topological polar surface area (TPSA) is 170 Å². The zero-order valence-electron chi connectivity index (χ0n) is 35.5. The number of aryl methyl sites for hydroxylation is 1. The number of hydrogen-bond donors (Lipinski definition) is 3. The van der Waals surface area contributed by atoms with Gasteiger partial charge in [-0.15, -0.1) is 0 Å². The monoisotopic (exact) mass is 799 g/mol. The third-order valence-corrected chi connectivity index (χ3v) is 12.5. The molecular formula is C42H65N5O10. The lowest BCUT2D eigenvalue weighted by Gasteiger charge is -2.46. The van der Waals surface area contributed by atoms with E-state index in [-0.39, 0.29) is 30.9 Å². The number of para-hydroxylation sites is 1. The lowest BCUT2D eigenvalue weighted by Crippen LogP contribution is -2.63. The van der Waals surface area contributed by atoms with Crippen LogP contribution in [0.2, 0.25) is 0 Å². The fraction of sp³-hybridized carbons (Fsp3) is 0.714. The van der Waals surface area contributed by atoms with Crippen molar-refractivity contribution in [3.8, 4) is 0 Å². The smallest absolute Gasteiger partial charge is 0.425 e. The second-order valence-electron chi connectivity index (χ2n) is 17.0. The Balaban J connectivity index is 1.44. The zero-order chi connectivity index (χ0) is 42.0. The number of ketones is 1. The second kappa shape index (κ2) is 18.1. The van der Waals surface area contributed by atoms with E-state index in [1.165, 1.54) is 19.0 Å². The van der Waals surface area contributed by atoms with Crippen molar-refractivity contribution < 1.29 is 48.0 Å². The number of rotatable bonds is 10. The van der Waals surface area contributed by atoms with E-state index in [1.54, 1.807) is 34.6 Å². The number of likely N-dealkylation sites (N-methyl/N-ethyl adjacent to an activating group) is 1. The van der Waals surface area contributed by atoms with Crippen LogP contribution in [0, 0.1) is 17.8 Å². The first-order valence-electron chi connectivity index (χ1n) is 20.4. The Morgan fingerprint density at radius 3 is 2.42 bits per heavy atom. The Morgan fingerprint density at radius 1 is 1.05 bits per heavy atom. The molecule has 0 radical (unpaired) electrons. The van der Waals surface area contributed by atoms with Crippen molar-refractivity contribution in [1.29, 1.82) is 0 Å². The molecule has 2 amide bonds. The van der Waals surface area contributed by atoms with Gasteiger partial charge >= 0.3 is 12.1 Å². The number of aliphatic hydroxyl groups is 1. The molecular weight excluding hydrogens is 734 g/mol. The summed E-state index contributed by atoms with van der Waals surface area (Å²) >= 11 is 0. The predicted molar refractivity (Wildman–Crippen MR) is 213 cm³/mol. The van der Waals surface area contributed by atoms with E-state index in [1.807, 2.05) is 51.2 Å². The number of carbonyl (C=O) groups is 4. The first kappa shape index (κ1) is 44.5. The van der Waals surface area contributed by atoms with E-state index in [9.17, 15) is 24.3 Å². The summed E-state index contributed by atoms with van der Waals surface area (Å²) in [7, 11) is 5.22. The molecule has 57 heavy (non-hydrogen) atoms.